The van der Waals surface area contributed by atoms with E-state index in [2.05, 4.69) is 16.4 Å². The predicted molar refractivity (Wildman–Crippen MR) is 67.1 cm³/mol. The number of aryl methyl sites for hydroxylation is 2. The van der Waals surface area contributed by atoms with Gasteiger partial charge in [-0.25, -0.2) is 4.79 Å². The van der Waals surface area contributed by atoms with Crippen molar-refractivity contribution in [3.63, 3.8) is 0 Å². The van der Waals surface area contributed by atoms with Crippen LogP contribution in [0.4, 0.5) is 4.79 Å². The van der Waals surface area contributed by atoms with Gasteiger partial charge in [-0.15, -0.1) is 12.3 Å². The van der Waals surface area contributed by atoms with E-state index in [-0.39, 0.29) is 12.6 Å². The number of aromatic nitrogens is 1. The molecule has 1 aromatic rings. The van der Waals surface area contributed by atoms with Crippen LogP contribution in [0.25, 0.3) is 0 Å². The van der Waals surface area contributed by atoms with E-state index in [4.69, 9.17) is 15.7 Å². The third kappa shape index (κ3) is 4.13. The van der Waals surface area contributed by atoms with Crippen LogP contribution in [0.5, 0.6) is 0 Å². The fourth-order valence-electron chi connectivity index (χ4n) is 1.60. The van der Waals surface area contributed by atoms with Crippen molar-refractivity contribution in [3.8, 4) is 12.3 Å². The molecule has 1 unspecified atom stereocenters. The fraction of sp³-hybridized carbons (Fsp3) is 0.538. The van der Waals surface area contributed by atoms with Gasteiger partial charge in [-0.2, -0.15) is 0 Å². The summed E-state index contributed by atoms with van der Waals surface area (Å²) < 4.78 is 9.97. The Hall–Kier alpha value is -1.96. The van der Waals surface area contributed by atoms with Gasteiger partial charge in [0.1, 0.15) is 12.4 Å². The first kappa shape index (κ1) is 14.1. The van der Waals surface area contributed by atoms with Crippen LogP contribution in [0.2, 0.25) is 0 Å². The van der Waals surface area contributed by atoms with E-state index in [1.807, 2.05) is 20.8 Å². The molecule has 0 aliphatic heterocycles. The summed E-state index contributed by atoms with van der Waals surface area (Å²) in [6, 6.07) is -0.0554. The van der Waals surface area contributed by atoms with E-state index in [1.54, 1.807) is 0 Å². The Balaban J connectivity index is 2.40. The van der Waals surface area contributed by atoms with Crippen molar-refractivity contribution < 1.29 is 14.1 Å². The molecule has 1 amide bonds. The lowest BCUT2D eigenvalue weighted by atomic mass is 10.1. The molecule has 1 N–H and O–H groups in total. The van der Waals surface area contributed by atoms with E-state index in [0.29, 0.717) is 12.8 Å². The molecule has 1 atom stereocenters. The first-order valence-corrected chi connectivity index (χ1v) is 5.83. The summed E-state index contributed by atoms with van der Waals surface area (Å²) in [7, 11) is 0. The number of hydrogen-bond donors (Lipinski definition) is 1. The molecular formula is C13H18N2O3. The van der Waals surface area contributed by atoms with Gasteiger partial charge in [-0.3, -0.25) is 0 Å². The third-order valence-corrected chi connectivity index (χ3v) is 2.54. The van der Waals surface area contributed by atoms with Crippen LogP contribution in [-0.2, 0) is 11.2 Å². The zero-order valence-electron chi connectivity index (χ0n) is 10.9. The van der Waals surface area contributed by atoms with Gasteiger partial charge in [0, 0.05) is 18.0 Å². The fourth-order valence-corrected chi connectivity index (χ4v) is 1.60. The lowest BCUT2D eigenvalue weighted by Crippen LogP contribution is -2.34. The smallest absolute Gasteiger partial charge is 0.407 e. The summed E-state index contributed by atoms with van der Waals surface area (Å²) in [4.78, 5) is 11.4. The van der Waals surface area contributed by atoms with E-state index >= 15 is 0 Å². The predicted octanol–water partition coefficient (Wildman–Crippen LogP) is 1.97. The molecule has 0 spiro atoms. The van der Waals surface area contributed by atoms with Gasteiger partial charge >= 0.3 is 6.09 Å². The minimum atomic E-state index is -0.454. The van der Waals surface area contributed by atoms with Gasteiger partial charge in [0.05, 0.1) is 5.69 Å². The third-order valence-electron chi connectivity index (χ3n) is 2.54. The Morgan fingerprint density at radius 1 is 1.61 bits per heavy atom. The van der Waals surface area contributed by atoms with Crippen LogP contribution in [0, 0.1) is 26.2 Å². The van der Waals surface area contributed by atoms with Crippen molar-refractivity contribution in [2.75, 3.05) is 6.61 Å². The molecule has 0 aromatic carbocycles. The Labute approximate surface area is 107 Å². The molecule has 5 heteroatoms. The molecule has 18 heavy (non-hydrogen) atoms. The van der Waals surface area contributed by atoms with Crippen LogP contribution < -0.4 is 5.32 Å². The molecule has 0 aliphatic carbocycles. The number of hydrogen-bond acceptors (Lipinski definition) is 4. The maximum absolute atomic E-state index is 11.4. The van der Waals surface area contributed by atoms with Crippen LogP contribution in [0.3, 0.4) is 0 Å². The lowest BCUT2D eigenvalue weighted by Gasteiger charge is -2.13. The topological polar surface area (TPSA) is 64.4 Å². The zero-order chi connectivity index (χ0) is 13.5. The number of alkyl carbamates (subject to hydrolysis) is 1. The van der Waals surface area contributed by atoms with E-state index in [0.717, 1.165) is 17.0 Å². The van der Waals surface area contributed by atoms with Crippen LogP contribution in [0.1, 0.15) is 30.4 Å². The summed E-state index contributed by atoms with van der Waals surface area (Å²) in [6.07, 6.45) is 5.69. The Morgan fingerprint density at radius 2 is 2.33 bits per heavy atom. The van der Waals surface area contributed by atoms with Crippen LogP contribution >= 0.6 is 0 Å². The van der Waals surface area contributed by atoms with Gasteiger partial charge in [-0.05, 0) is 27.2 Å². The zero-order valence-corrected chi connectivity index (χ0v) is 10.9. The molecule has 1 rings (SSSR count). The highest BCUT2D eigenvalue weighted by molar-refractivity contribution is 5.67. The minimum absolute atomic E-state index is 0.0554. The Kier molecular flexibility index (Phi) is 5.25. The highest BCUT2D eigenvalue weighted by Gasteiger charge is 2.14. The molecule has 1 heterocycles. The number of carbonyl (C=O) groups excluding carboxylic acids is 1. The maximum Gasteiger partial charge on any atom is 0.407 e. The Morgan fingerprint density at radius 3 is 2.89 bits per heavy atom. The summed E-state index contributed by atoms with van der Waals surface area (Å²) in [5.41, 5.74) is 1.87. The van der Waals surface area contributed by atoms with E-state index < -0.39 is 6.09 Å². The summed E-state index contributed by atoms with van der Waals surface area (Å²) in [5.74, 6) is 3.18. The number of nitrogens with one attached hydrogen (secondary N) is 1. The number of ether oxygens (including phenoxy) is 1. The molecule has 98 valence electrons. The van der Waals surface area contributed by atoms with Crippen molar-refractivity contribution in [3.05, 3.63) is 17.0 Å². The van der Waals surface area contributed by atoms with Crippen molar-refractivity contribution in [1.82, 2.24) is 10.5 Å². The highest BCUT2D eigenvalue weighted by atomic mass is 16.5. The number of terminal acetylenes is 1. The molecule has 5 nitrogen and oxygen atoms in total. The molecule has 1 aromatic heterocycles. The van der Waals surface area contributed by atoms with E-state index in [9.17, 15) is 4.79 Å². The van der Waals surface area contributed by atoms with Crippen molar-refractivity contribution >= 4 is 6.09 Å². The average molecular weight is 250 g/mol. The minimum Gasteiger partial charge on any atom is -0.449 e. The van der Waals surface area contributed by atoms with Gasteiger partial charge in [0.15, 0.2) is 0 Å². The molecule has 0 bridgehead atoms. The monoisotopic (exact) mass is 250 g/mol. The van der Waals surface area contributed by atoms with Gasteiger partial charge < -0.3 is 14.6 Å². The number of nitrogens with zero attached hydrogens (tertiary/aromatic N) is 1. The summed E-state index contributed by atoms with van der Waals surface area (Å²) in [6.45, 7) is 5.87. The lowest BCUT2D eigenvalue weighted by molar-refractivity contribution is 0.145. The number of carbonyl (C=O) groups is 1. The molecule has 0 saturated carbocycles. The highest BCUT2D eigenvalue weighted by Crippen LogP contribution is 2.14. The number of amides is 1. The second kappa shape index (κ2) is 6.70. The van der Waals surface area contributed by atoms with Crippen LogP contribution in [-0.4, -0.2) is 23.9 Å². The molecule has 0 fully saturated rings. The second-order valence-electron chi connectivity index (χ2n) is 4.14. The Bertz CT molecular complexity index is 426. The van der Waals surface area contributed by atoms with E-state index in [1.165, 1.54) is 0 Å². The van der Waals surface area contributed by atoms with Crippen molar-refractivity contribution in [2.24, 2.45) is 0 Å². The quantitative estimate of drug-likeness (QED) is 0.641. The maximum atomic E-state index is 11.4. The summed E-state index contributed by atoms with van der Waals surface area (Å²) in [5, 5.41) is 6.60. The normalized spacial score (nSPS) is 11.7. The average Bonchev–Trinajstić information content (AvgIpc) is 2.61. The van der Waals surface area contributed by atoms with Gasteiger partial charge in [-0.1, -0.05) is 5.16 Å². The van der Waals surface area contributed by atoms with Gasteiger partial charge in [0.25, 0.3) is 0 Å². The second-order valence-corrected chi connectivity index (χ2v) is 4.14. The van der Waals surface area contributed by atoms with Crippen molar-refractivity contribution in [1.29, 1.82) is 0 Å². The molecule has 0 radical (unpaired) electrons. The number of rotatable bonds is 5. The van der Waals surface area contributed by atoms with Crippen molar-refractivity contribution in [2.45, 2.75) is 39.7 Å². The SMILES string of the molecule is C#CCCOC(=O)NC(C)Cc1c(C)noc1C. The van der Waals surface area contributed by atoms with Gasteiger partial charge in [0.2, 0.25) is 0 Å². The standard InChI is InChI=1S/C13H18N2O3/c1-5-6-7-17-13(16)14-9(2)8-12-10(3)15-18-11(12)4/h1,9H,6-8H2,2-4H3,(H,14,16). The largest absolute Gasteiger partial charge is 0.449 e. The van der Waals surface area contributed by atoms with Crippen LogP contribution in [0.15, 0.2) is 4.52 Å². The molecular weight excluding hydrogens is 232 g/mol. The molecule has 0 saturated heterocycles. The first-order valence-electron chi connectivity index (χ1n) is 5.83. The summed E-state index contributed by atoms with van der Waals surface area (Å²) >= 11 is 0. The first-order chi connectivity index (χ1) is 8.54. The molecule has 0 aliphatic rings.